The Hall–Kier alpha value is -3.10. The summed E-state index contributed by atoms with van der Waals surface area (Å²) in [6, 6.07) is 11.6. The molecule has 2 aromatic carbocycles. The molecule has 210 valence electrons. The fraction of sp³-hybridized carbons (Fsp3) is 0.533. The van der Waals surface area contributed by atoms with Gasteiger partial charge in [-0.2, -0.15) is 13.2 Å². The van der Waals surface area contributed by atoms with Crippen molar-refractivity contribution < 1.29 is 37.0 Å². The molecule has 0 aromatic heterocycles. The Balaban J connectivity index is 1.49. The number of hydrogen-bond acceptors (Lipinski definition) is 3. The zero-order valence-electron chi connectivity index (χ0n) is 22.1. The van der Waals surface area contributed by atoms with Gasteiger partial charge in [0.1, 0.15) is 12.4 Å². The highest BCUT2D eigenvalue weighted by Crippen LogP contribution is 2.52. The van der Waals surface area contributed by atoms with Crippen molar-refractivity contribution in [3.05, 3.63) is 64.7 Å². The van der Waals surface area contributed by atoms with Crippen molar-refractivity contribution in [2.45, 2.75) is 75.7 Å². The molecule has 1 aliphatic carbocycles. The van der Waals surface area contributed by atoms with Gasteiger partial charge in [0.25, 0.3) is 0 Å². The molecule has 2 heterocycles. The van der Waals surface area contributed by atoms with Crippen LogP contribution in [0.3, 0.4) is 0 Å². The summed E-state index contributed by atoms with van der Waals surface area (Å²) >= 11 is 0. The second kappa shape index (κ2) is 9.82. The summed E-state index contributed by atoms with van der Waals surface area (Å²) in [6.45, 7) is 3.05. The maximum absolute atomic E-state index is 14.8. The first-order chi connectivity index (χ1) is 18.3. The van der Waals surface area contributed by atoms with Gasteiger partial charge in [-0.05, 0) is 64.0 Å². The second-order valence-electron chi connectivity index (χ2n) is 11.5. The Morgan fingerprint density at radius 3 is 2.28 bits per heavy atom. The van der Waals surface area contributed by atoms with Crippen LogP contribution in [0, 0.1) is 18.8 Å². The van der Waals surface area contributed by atoms with E-state index < -0.39 is 34.7 Å². The highest BCUT2D eigenvalue weighted by Gasteiger charge is 2.57. The lowest BCUT2D eigenvalue weighted by atomic mass is 9.68. The summed E-state index contributed by atoms with van der Waals surface area (Å²) in [5.41, 5.74) is -1.84. The van der Waals surface area contributed by atoms with Crippen molar-refractivity contribution in [3.63, 3.8) is 0 Å². The van der Waals surface area contributed by atoms with Crippen LogP contribution in [0.25, 0.3) is 0 Å². The van der Waals surface area contributed by atoms with Crippen molar-refractivity contribution in [2.24, 2.45) is 11.8 Å². The highest BCUT2D eigenvalue weighted by atomic mass is 19.4. The number of benzene rings is 2. The third-order valence-corrected chi connectivity index (χ3v) is 9.15. The van der Waals surface area contributed by atoms with Gasteiger partial charge in [-0.25, -0.2) is 4.39 Å². The first kappa shape index (κ1) is 27.5. The van der Waals surface area contributed by atoms with E-state index in [-0.39, 0.29) is 30.2 Å². The molecule has 0 bridgehead atoms. The number of carbonyl (C=O) groups is 2. The number of likely N-dealkylation sites (tertiary alicyclic amines) is 1. The summed E-state index contributed by atoms with van der Waals surface area (Å²) in [6.07, 6.45) is -1.99. The number of nitrogens with zero attached hydrogens (tertiary/aromatic N) is 1. The molecule has 2 fully saturated rings. The molecule has 0 radical (unpaired) electrons. The van der Waals surface area contributed by atoms with Crippen LogP contribution < -0.4 is 4.74 Å². The van der Waals surface area contributed by atoms with Crippen LogP contribution in [0.4, 0.5) is 17.6 Å². The number of ether oxygens (including phenoxy) is 1. The van der Waals surface area contributed by atoms with Gasteiger partial charge in [-0.3, -0.25) is 9.59 Å². The predicted molar refractivity (Wildman–Crippen MR) is 136 cm³/mol. The summed E-state index contributed by atoms with van der Waals surface area (Å²) in [5.74, 6) is -1.32. The van der Waals surface area contributed by atoms with Gasteiger partial charge < -0.3 is 14.7 Å². The summed E-state index contributed by atoms with van der Waals surface area (Å²) in [7, 11) is 0. The van der Waals surface area contributed by atoms with E-state index in [0.717, 1.165) is 17.2 Å². The number of carboxylic acid groups (broad SMARTS) is 1. The monoisotopic (exact) mass is 547 g/mol. The lowest BCUT2D eigenvalue weighted by molar-refractivity contribution is -0.228. The standard InChI is InChI=1S/C30H33F4NO4/c1-18-3-5-19(6-4-18)16-29-13-14-35(26(36)20-7-9-21(10-8-20)27(37)38)25(29)17-39-24-15-22(11-12-23(24)29)28(2,31)30(32,33)34/h3-6,11-12,15,20-21,25H,7-10,13-14,16-17H2,1-2H3,(H,37,38). The molecule has 2 aromatic rings. The van der Waals surface area contributed by atoms with E-state index in [0.29, 0.717) is 57.6 Å². The molecule has 1 saturated carbocycles. The maximum Gasteiger partial charge on any atom is 0.426 e. The third kappa shape index (κ3) is 4.78. The zero-order valence-corrected chi connectivity index (χ0v) is 22.1. The van der Waals surface area contributed by atoms with E-state index in [1.807, 2.05) is 36.1 Å². The van der Waals surface area contributed by atoms with Crippen LogP contribution in [-0.2, 0) is 27.1 Å². The molecule has 39 heavy (non-hydrogen) atoms. The molecule has 0 spiro atoms. The Morgan fingerprint density at radius 1 is 1.03 bits per heavy atom. The van der Waals surface area contributed by atoms with Crippen LogP contribution in [0.15, 0.2) is 42.5 Å². The molecular formula is C30H33F4NO4. The quantitative estimate of drug-likeness (QED) is 0.459. The van der Waals surface area contributed by atoms with Crippen molar-refractivity contribution in [1.82, 2.24) is 4.90 Å². The molecule has 2 aliphatic heterocycles. The van der Waals surface area contributed by atoms with Crippen LogP contribution in [0.5, 0.6) is 5.75 Å². The van der Waals surface area contributed by atoms with Gasteiger partial charge in [0.2, 0.25) is 11.6 Å². The Morgan fingerprint density at radius 2 is 1.67 bits per heavy atom. The fourth-order valence-corrected chi connectivity index (χ4v) is 6.64. The Kier molecular flexibility index (Phi) is 6.92. The van der Waals surface area contributed by atoms with E-state index >= 15 is 0 Å². The molecule has 5 rings (SSSR count). The number of rotatable bonds is 5. The lowest BCUT2D eigenvalue weighted by Crippen LogP contribution is -2.53. The average Bonchev–Trinajstić information content (AvgIpc) is 3.28. The van der Waals surface area contributed by atoms with E-state index in [4.69, 9.17) is 4.74 Å². The molecular weight excluding hydrogens is 514 g/mol. The van der Waals surface area contributed by atoms with Gasteiger partial charge in [-0.15, -0.1) is 0 Å². The van der Waals surface area contributed by atoms with E-state index in [9.17, 15) is 32.3 Å². The fourth-order valence-electron chi connectivity index (χ4n) is 6.64. The second-order valence-corrected chi connectivity index (χ2v) is 11.5. The summed E-state index contributed by atoms with van der Waals surface area (Å²) in [4.78, 5) is 26.9. The van der Waals surface area contributed by atoms with Crippen LogP contribution in [0.2, 0.25) is 0 Å². The topological polar surface area (TPSA) is 66.8 Å². The predicted octanol–water partition coefficient (Wildman–Crippen LogP) is 6.11. The van der Waals surface area contributed by atoms with Gasteiger partial charge in [0.05, 0.1) is 12.0 Å². The van der Waals surface area contributed by atoms with Crippen LogP contribution in [0.1, 0.15) is 61.3 Å². The molecule has 1 amide bonds. The molecule has 9 heteroatoms. The molecule has 3 atom stereocenters. The lowest BCUT2D eigenvalue weighted by Gasteiger charge is -2.44. The Bertz CT molecular complexity index is 1250. The number of alkyl halides is 4. The molecule has 1 saturated heterocycles. The zero-order chi connectivity index (χ0) is 28.2. The van der Waals surface area contributed by atoms with Crippen LogP contribution in [-0.4, -0.2) is 47.3 Å². The normalized spacial score (nSPS) is 28.2. The van der Waals surface area contributed by atoms with Gasteiger partial charge in [-0.1, -0.05) is 42.0 Å². The molecule has 5 nitrogen and oxygen atoms in total. The number of fused-ring (bicyclic) bond motifs is 3. The van der Waals surface area contributed by atoms with Crippen molar-refractivity contribution in [1.29, 1.82) is 0 Å². The minimum atomic E-state index is -5.08. The van der Waals surface area contributed by atoms with Crippen LogP contribution >= 0.6 is 0 Å². The van der Waals surface area contributed by atoms with Gasteiger partial charge in [0, 0.05) is 29.0 Å². The number of halogens is 4. The van der Waals surface area contributed by atoms with E-state index in [1.54, 1.807) is 6.07 Å². The molecule has 3 aliphatic rings. The number of amides is 1. The number of aryl methyl sites for hydroxylation is 1. The minimum absolute atomic E-state index is 0.0216. The number of aliphatic carboxylic acids is 1. The first-order valence-corrected chi connectivity index (χ1v) is 13.5. The number of carboxylic acids is 1. The average molecular weight is 548 g/mol. The van der Waals surface area contributed by atoms with Crippen molar-refractivity contribution in [3.8, 4) is 5.75 Å². The number of hydrogen-bond donors (Lipinski definition) is 1. The van der Waals surface area contributed by atoms with E-state index in [1.165, 1.54) is 6.07 Å². The summed E-state index contributed by atoms with van der Waals surface area (Å²) < 4.78 is 61.2. The third-order valence-electron chi connectivity index (χ3n) is 9.15. The molecule has 1 N–H and O–H groups in total. The van der Waals surface area contributed by atoms with Gasteiger partial charge in [0.15, 0.2) is 0 Å². The molecule has 3 unspecified atom stereocenters. The van der Waals surface area contributed by atoms with E-state index in [2.05, 4.69) is 0 Å². The van der Waals surface area contributed by atoms with Crippen molar-refractivity contribution in [2.75, 3.05) is 13.2 Å². The number of carbonyl (C=O) groups excluding carboxylic acids is 1. The summed E-state index contributed by atoms with van der Waals surface area (Å²) in [5, 5.41) is 9.33. The highest BCUT2D eigenvalue weighted by molar-refractivity contribution is 5.81. The van der Waals surface area contributed by atoms with Crippen molar-refractivity contribution >= 4 is 11.9 Å². The first-order valence-electron chi connectivity index (χ1n) is 13.5. The maximum atomic E-state index is 14.8. The SMILES string of the molecule is Cc1ccc(CC23CCN(C(=O)C4CCC(C(=O)O)CC4)C2COc2cc(C(C)(F)C(F)(F)F)ccc23)cc1. The smallest absolute Gasteiger partial charge is 0.426 e. The minimum Gasteiger partial charge on any atom is -0.491 e. The Labute approximate surface area is 225 Å². The largest absolute Gasteiger partial charge is 0.491 e. The van der Waals surface area contributed by atoms with Gasteiger partial charge >= 0.3 is 12.1 Å².